The molecule has 32 heavy (non-hydrogen) atoms. The van der Waals surface area contributed by atoms with Crippen LogP contribution in [-0.2, 0) is 16.9 Å². The smallest absolute Gasteiger partial charge is 0.160 e. The summed E-state index contributed by atoms with van der Waals surface area (Å²) in [4.78, 5) is 28.5. The second-order valence-corrected chi connectivity index (χ2v) is 10.5. The number of Topliss-reactive ketones (excluding diaryl/α,β-unsaturated/α-hetero) is 1. The van der Waals surface area contributed by atoms with Crippen LogP contribution in [0.4, 0.5) is 5.82 Å². The molecule has 0 amide bonds. The Morgan fingerprint density at radius 2 is 2.00 bits per heavy atom. The molecule has 0 bridgehead atoms. The molecule has 0 aromatic carbocycles. The Bertz CT molecular complexity index is 1150. The van der Waals surface area contributed by atoms with Crippen LogP contribution < -0.4 is 4.90 Å². The van der Waals surface area contributed by atoms with Crippen LogP contribution in [-0.4, -0.2) is 48.7 Å². The highest BCUT2D eigenvalue weighted by molar-refractivity contribution is 5.92. The number of aromatic nitrogens is 5. The van der Waals surface area contributed by atoms with E-state index in [1.54, 1.807) is 32.4 Å². The average Bonchev–Trinajstić information content (AvgIpc) is 3.28. The van der Waals surface area contributed by atoms with Gasteiger partial charge in [0.15, 0.2) is 5.78 Å². The standard InChI is InChI=1S/C24H30N6O2/c1-22(2,32)19-11-27-21(12-26-19)29-13-20(31)24(16-29)7-4-6-23(3,14-24)15-30-18-10-25-8-5-17(18)9-28-30/h5,8-12,32H,4,6-7,13-16H2,1-3H3/t23-,24-/m0/s1. The lowest BCUT2D eigenvalue weighted by atomic mass is 9.62. The zero-order valence-electron chi connectivity index (χ0n) is 19.0. The molecule has 8 heteroatoms. The molecule has 1 saturated carbocycles. The van der Waals surface area contributed by atoms with Crippen LogP contribution in [0.25, 0.3) is 10.9 Å². The number of aliphatic hydroxyl groups is 1. The maximum atomic E-state index is 13.3. The van der Waals surface area contributed by atoms with E-state index in [0.29, 0.717) is 30.4 Å². The quantitative estimate of drug-likeness (QED) is 0.674. The minimum atomic E-state index is -1.04. The Labute approximate surface area is 187 Å². The molecule has 1 saturated heterocycles. The van der Waals surface area contributed by atoms with Crippen molar-refractivity contribution in [3.8, 4) is 0 Å². The fourth-order valence-electron chi connectivity index (χ4n) is 5.57. The van der Waals surface area contributed by atoms with Gasteiger partial charge in [-0.1, -0.05) is 13.3 Å². The van der Waals surface area contributed by atoms with Crippen LogP contribution in [0.3, 0.4) is 0 Å². The largest absolute Gasteiger partial charge is 0.384 e. The van der Waals surface area contributed by atoms with Crippen molar-refractivity contribution in [3.05, 3.63) is 42.7 Å². The highest BCUT2D eigenvalue weighted by Gasteiger charge is 2.52. The van der Waals surface area contributed by atoms with Gasteiger partial charge in [-0.05, 0) is 44.6 Å². The number of anilines is 1. The van der Waals surface area contributed by atoms with E-state index < -0.39 is 5.60 Å². The van der Waals surface area contributed by atoms with Gasteiger partial charge in [0.1, 0.15) is 11.4 Å². The summed E-state index contributed by atoms with van der Waals surface area (Å²) in [7, 11) is 0. The summed E-state index contributed by atoms with van der Waals surface area (Å²) in [5.41, 5.74) is 0.146. The van der Waals surface area contributed by atoms with Crippen molar-refractivity contribution in [1.29, 1.82) is 0 Å². The van der Waals surface area contributed by atoms with Crippen LogP contribution in [0, 0.1) is 10.8 Å². The molecule has 168 valence electrons. The zero-order chi connectivity index (χ0) is 22.6. The van der Waals surface area contributed by atoms with Crippen molar-refractivity contribution < 1.29 is 9.90 Å². The Morgan fingerprint density at radius 3 is 2.75 bits per heavy atom. The van der Waals surface area contributed by atoms with Crippen molar-refractivity contribution in [3.63, 3.8) is 0 Å². The van der Waals surface area contributed by atoms with E-state index >= 15 is 0 Å². The minimum Gasteiger partial charge on any atom is -0.384 e. The first kappa shape index (κ1) is 21.0. The molecule has 2 atom stereocenters. The van der Waals surface area contributed by atoms with Gasteiger partial charge < -0.3 is 10.0 Å². The first-order chi connectivity index (χ1) is 15.2. The molecule has 3 aromatic heterocycles. The van der Waals surface area contributed by atoms with E-state index in [0.717, 1.165) is 43.1 Å². The second-order valence-electron chi connectivity index (χ2n) is 10.5. The predicted octanol–water partition coefficient (Wildman–Crippen LogP) is 3.10. The van der Waals surface area contributed by atoms with Gasteiger partial charge >= 0.3 is 0 Å². The number of fused-ring (bicyclic) bond motifs is 1. The number of hydrogen-bond donors (Lipinski definition) is 1. The van der Waals surface area contributed by atoms with Crippen molar-refractivity contribution >= 4 is 22.5 Å². The third-order valence-corrected chi connectivity index (χ3v) is 7.19. The third kappa shape index (κ3) is 3.66. The summed E-state index contributed by atoms with van der Waals surface area (Å²) in [6.07, 6.45) is 12.7. The number of carbonyl (C=O) groups excluding carboxylic acids is 1. The second kappa shape index (κ2) is 7.33. The fraction of sp³-hybridized carbons (Fsp3) is 0.542. The molecule has 1 aliphatic carbocycles. The number of carbonyl (C=O) groups is 1. The van der Waals surface area contributed by atoms with E-state index in [9.17, 15) is 9.90 Å². The Balaban J connectivity index is 1.36. The molecule has 0 unspecified atom stereocenters. The Hall–Kier alpha value is -2.87. The van der Waals surface area contributed by atoms with Crippen LogP contribution in [0.15, 0.2) is 37.1 Å². The maximum Gasteiger partial charge on any atom is 0.160 e. The van der Waals surface area contributed by atoms with Crippen molar-refractivity contribution in [2.75, 3.05) is 18.0 Å². The van der Waals surface area contributed by atoms with Crippen molar-refractivity contribution in [1.82, 2.24) is 24.7 Å². The lowest BCUT2D eigenvalue weighted by molar-refractivity contribution is -0.128. The average molecular weight is 435 g/mol. The van der Waals surface area contributed by atoms with E-state index in [4.69, 9.17) is 0 Å². The number of pyridine rings is 1. The van der Waals surface area contributed by atoms with E-state index in [1.165, 1.54) is 0 Å². The third-order valence-electron chi connectivity index (χ3n) is 7.19. The molecule has 1 spiro atoms. The van der Waals surface area contributed by atoms with Crippen LogP contribution in [0.2, 0.25) is 0 Å². The zero-order valence-corrected chi connectivity index (χ0v) is 19.0. The van der Waals surface area contributed by atoms with Crippen molar-refractivity contribution in [2.24, 2.45) is 10.8 Å². The molecule has 8 nitrogen and oxygen atoms in total. The molecule has 2 fully saturated rings. The molecule has 1 N–H and O–H groups in total. The highest BCUT2D eigenvalue weighted by atomic mass is 16.3. The predicted molar refractivity (Wildman–Crippen MR) is 121 cm³/mol. The molecule has 4 heterocycles. The van der Waals surface area contributed by atoms with Gasteiger partial charge in [-0.2, -0.15) is 5.10 Å². The highest BCUT2D eigenvalue weighted by Crippen LogP contribution is 2.50. The summed E-state index contributed by atoms with van der Waals surface area (Å²) in [6.45, 7) is 7.46. The summed E-state index contributed by atoms with van der Waals surface area (Å²) in [5, 5.41) is 15.8. The summed E-state index contributed by atoms with van der Waals surface area (Å²) in [6, 6.07) is 1.98. The SMILES string of the molecule is CC(C)(O)c1cnc(N2CC(=O)[C@]3(CCC[C@](C)(Cn4ncc5ccncc54)C3)C2)cn1. The summed E-state index contributed by atoms with van der Waals surface area (Å²) >= 11 is 0. The van der Waals surface area contributed by atoms with Gasteiger partial charge in [-0.15, -0.1) is 0 Å². The molecular weight excluding hydrogens is 404 g/mol. The number of ketones is 1. The number of rotatable bonds is 4. The first-order valence-electron chi connectivity index (χ1n) is 11.3. The molecule has 5 rings (SSSR count). The lowest BCUT2D eigenvalue weighted by Crippen LogP contribution is -2.42. The van der Waals surface area contributed by atoms with E-state index in [-0.39, 0.29) is 10.8 Å². The summed E-state index contributed by atoms with van der Waals surface area (Å²) in [5.74, 6) is 0.989. The number of nitrogens with zero attached hydrogens (tertiary/aromatic N) is 6. The van der Waals surface area contributed by atoms with Gasteiger partial charge in [0.05, 0.1) is 42.5 Å². The van der Waals surface area contributed by atoms with Gasteiger partial charge in [0.2, 0.25) is 0 Å². The monoisotopic (exact) mass is 434 g/mol. The molecular formula is C24H30N6O2. The molecule has 1 aliphatic heterocycles. The van der Waals surface area contributed by atoms with Crippen molar-refractivity contribution in [2.45, 2.75) is 58.6 Å². The number of hydrogen-bond acceptors (Lipinski definition) is 7. The molecule has 0 radical (unpaired) electrons. The van der Waals surface area contributed by atoms with Crippen LogP contribution in [0.5, 0.6) is 0 Å². The van der Waals surface area contributed by atoms with Gasteiger partial charge in [0, 0.05) is 30.1 Å². The lowest BCUT2D eigenvalue weighted by Gasteiger charge is -2.43. The van der Waals surface area contributed by atoms with E-state index in [2.05, 4.69) is 27.0 Å². The fourth-order valence-corrected chi connectivity index (χ4v) is 5.57. The molecule has 2 aliphatic rings. The molecule has 3 aromatic rings. The van der Waals surface area contributed by atoms with Crippen LogP contribution in [0.1, 0.15) is 52.1 Å². The minimum absolute atomic E-state index is 0.0187. The summed E-state index contributed by atoms with van der Waals surface area (Å²) < 4.78 is 2.04. The normalized spacial score (nSPS) is 26.4. The van der Waals surface area contributed by atoms with Crippen LogP contribution >= 0.6 is 0 Å². The van der Waals surface area contributed by atoms with Gasteiger partial charge in [0.25, 0.3) is 0 Å². The Morgan fingerprint density at radius 1 is 1.16 bits per heavy atom. The first-order valence-corrected chi connectivity index (χ1v) is 11.3. The Kier molecular flexibility index (Phi) is 4.81. The van der Waals surface area contributed by atoms with Gasteiger partial charge in [-0.25, -0.2) is 4.98 Å². The topological polar surface area (TPSA) is 97.0 Å². The van der Waals surface area contributed by atoms with E-state index in [1.807, 2.05) is 28.0 Å². The van der Waals surface area contributed by atoms with Gasteiger partial charge in [-0.3, -0.25) is 19.4 Å². The maximum absolute atomic E-state index is 13.3.